The summed E-state index contributed by atoms with van der Waals surface area (Å²) in [7, 11) is 0. The number of carbonyl (C=O) groups excluding carboxylic acids is 2. The number of anilines is 1. The van der Waals surface area contributed by atoms with Gasteiger partial charge in [-0.05, 0) is 66.4 Å². The standard InChI is InChI=1S/C23H16FNO5S/c1-12-8-9-31-22(12)19-18(20(26)13-2-7-16-17(10-13)30-11-29-16)21(27)23(28)25(19)15-5-3-14(24)4-6-15/h2-10,19,26H,11H2,1H3/b20-18-. The Morgan fingerprint density at radius 1 is 1.10 bits per heavy atom. The molecule has 3 aromatic rings. The summed E-state index contributed by atoms with van der Waals surface area (Å²) < 4.78 is 24.1. The first-order chi connectivity index (χ1) is 15.0. The van der Waals surface area contributed by atoms with Crippen molar-refractivity contribution in [2.75, 3.05) is 11.7 Å². The Hall–Kier alpha value is -3.65. The number of halogens is 1. The maximum atomic E-state index is 13.5. The third-order valence-corrected chi connectivity index (χ3v) is 6.42. The Morgan fingerprint density at radius 3 is 2.55 bits per heavy atom. The van der Waals surface area contributed by atoms with E-state index in [2.05, 4.69) is 0 Å². The van der Waals surface area contributed by atoms with Gasteiger partial charge in [0.15, 0.2) is 11.5 Å². The summed E-state index contributed by atoms with van der Waals surface area (Å²) in [6.07, 6.45) is 0. The number of aliphatic hydroxyl groups is 1. The number of aliphatic hydroxyl groups excluding tert-OH is 1. The zero-order valence-electron chi connectivity index (χ0n) is 16.3. The van der Waals surface area contributed by atoms with E-state index in [1.165, 1.54) is 40.5 Å². The minimum Gasteiger partial charge on any atom is -0.507 e. The van der Waals surface area contributed by atoms with Gasteiger partial charge < -0.3 is 14.6 Å². The van der Waals surface area contributed by atoms with Gasteiger partial charge in [0, 0.05) is 16.1 Å². The van der Waals surface area contributed by atoms with Crippen LogP contribution >= 0.6 is 11.3 Å². The number of thiophene rings is 1. The molecule has 5 rings (SSSR count). The number of ketones is 1. The maximum absolute atomic E-state index is 13.5. The molecule has 1 amide bonds. The molecule has 1 atom stereocenters. The molecule has 2 aliphatic rings. The molecule has 31 heavy (non-hydrogen) atoms. The first-order valence-corrected chi connectivity index (χ1v) is 10.3. The van der Waals surface area contributed by atoms with E-state index in [-0.39, 0.29) is 18.1 Å². The number of benzene rings is 2. The summed E-state index contributed by atoms with van der Waals surface area (Å²) in [5.74, 6) is -1.37. The van der Waals surface area contributed by atoms with Crippen LogP contribution in [0.5, 0.6) is 11.5 Å². The summed E-state index contributed by atoms with van der Waals surface area (Å²) >= 11 is 1.38. The molecule has 0 spiro atoms. The van der Waals surface area contributed by atoms with Crippen LogP contribution in [0, 0.1) is 12.7 Å². The number of aryl methyl sites for hydroxylation is 1. The summed E-state index contributed by atoms with van der Waals surface area (Å²) in [5.41, 5.74) is 1.55. The van der Waals surface area contributed by atoms with Gasteiger partial charge in [0.2, 0.25) is 6.79 Å². The predicted molar refractivity (Wildman–Crippen MR) is 113 cm³/mol. The van der Waals surface area contributed by atoms with Crippen molar-refractivity contribution in [1.29, 1.82) is 0 Å². The Balaban J connectivity index is 1.70. The molecule has 0 saturated carbocycles. The third kappa shape index (κ3) is 3.07. The number of Topliss-reactive ketones (excluding diaryl/α,β-unsaturated/α-hetero) is 1. The summed E-state index contributed by atoms with van der Waals surface area (Å²) in [6.45, 7) is 1.94. The lowest BCUT2D eigenvalue weighted by Gasteiger charge is -2.25. The highest BCUT2D eigenvalue weighted by Gasteiger charge is 2.48. The predicted octanol–water partition coefficient (Wildman–Crippen LogP) is 4.55. The second-order valence-electron chi connectivity index (χ2n) is 7.18. The monoisotopic (exact) mass is 437 g/mol. The van der Waals surface area contributed by atoms with Gasteiger partial charge >= 0.3 is 0 Å². The van der Waals surface area contributed by atoms with Gasteiger partial charge in [0.25, 0.3) is 11.7 Å². The molecule has 0 bridgehead atoms. The van der Waals surface area contributed by atoms with Crippen LogP contribution in [-0.4, -0.2) is 23.6 Å². The summed E-state index contributed by atoms with van der Waals surface area (Å²) in [4.78, 5) is 28.2. The second kappa shape index (κ2) is 7.24. The molecular weight excluding hydrogens is 421 g/mol. The molecule has 3 heterocycles. The fourth-order valence-electron chi connectivity index (χ4n) is 3.81. The highest BCUT2D eigenvalue weighted by Crippen LogP contribution is 2.45. The summed E-state index contributed by atoms with van der Waals surface area (Å²) in [6, 6.07) is 11.2. The largest absolute Gasteiger partial charge is 0.507 e. The zero-order chi connectivity index (χ0) is 21.7. The van der Waals surface area contributed by atoms with E-state index in [0.717, 1.165) is 10.4 Å². The lowest BCUT2D eigenvalue weighted by molar-refractivity contribution is -0.132. The number of carbonyl (C=O) groups is 2. The molecule has 0 aliphatic carbocycles. The molecule has 0 radical (unpaired) electrons. The smallest absolute Gasteiger partial charge is 0.300 e. The normalized spacial score (nSPS) is 19.3. The van der Waals surface area contributed by atoms with Gasteiger partial charge in [0.1, 0.15) is 17.6 Å². The van der Waals surface area contributed by atoms with Gasteiger partial charge in [-0.25, -0.2) is 4.39 Å². The lowest BCUT2D eigenvalue weighted by atomic mass is 9.98. The van der Waals surface area contributed by atoms with Crippen LogP contribution in [0.4, 0.5) is 10.1 Å². The van der Waals surface area contributed by atoms with Crippen LogP contribution in [0.1, 0.15) is 22.0 Å². The van der Waals surface area contributed by atoms with Crippen molar-refractivity contribution in [2.24, 2.45) is 0 Å². The molecule has 8 heteroatoms. The molecule has 1 fully saturated rings. The fourth-order valence-corrected chi connectivity index (χ4v) is 4.84. The SMILES string of the molecule is Cc1ccsc1C1/C(=C(/O)c2ccc3c(c2)OCO3)C(=O)C(=O)N1c1ccc(F)cc1. The molecule has 2 aliphatic heterocycles. The van der Waals surface area contributed by atoms with Crippen LogP contribution in [0.3, 0.4) is 0 Å². The van der Waals surface area contributed by atoms with Crippen LogP contribution in [0.25, 0.3) is 5.76 Å². The molecule has 1 N–H and O–H groups in total. The van der Waals surface area contributed by atoms with E-state index in [1.807, 2.05) is 18.4 Å². The average Bonchev–Trinajstić information content (AvgIpc) is 3.46. The third-order valence-electron chi connectivity index (χ3n) is 5.35. The van der Waals surface area contributed by atoms with E-state index in [1.54, 1.807) is 18.2 Å². The van der Waals surface area contributed by atoms with Crippen molar-refractivity contribution in [3.63, 3.8) is 0 Å². The number of fused-ring (bicyclic) bond motifs is 1. The Kier molecular flexibility index (Phi) is 4.51. The Morgan fingerprint density at radius 2 is 1.84 bits per heavy atom. The minimum absolute atomic E-state index is 0.0289. The van der Waals surface area contributed by atoms with Crippen molar-refractivity contribution >= 4 is 34.5 Å². The fraction of sp³-hybridized carbons (Fsp3) is 0.130. The molecule has 1 aromatic heterocycles. The number of ether oxygens (including phenoxy) is 2. The quantitative estimate of drug-likeness (QED) is 0.370. The topological polar surface area (TPSA) is 76.1 Å². The van der Waals surface area contributed by atoms with Crippen molar-refractivity contribution < 1.29 is 28.6 Å². The van der Waals surface area contributed by atoms with E-state index in [9.17, 15) is 19.1 Å². The van der Waals surface area contributed by atoms with Gasteiger partial charge in [-0.2, -0.15) is 0 Å². The van der Waals surface area contributed by atoms with E-state index >= 15 is 0 Å². The number of amides is 1. The van der Waals surface area contributed by atoms with E-state index in [4.69, 9.17) is 9.47 Å². The average molecular weight is 437 g/mol. The highest BCUT2D eigenvalue weighted by atomic mass is 32.1. The van der Waals surface area contributed by atoms with E-state index < -0.39 is 23.5 Å². The summed E-state index contributed by atoms with van der Waals surface area (Å²) in [5, 5.41) is 13.0. The highest BCUT2D eigenvalue weighted by molar-refractivity contribution is 7.10. The number of hydrogen-bond acceptors (Lipinski definition) is 6. The van der Waals surface area contributed by atoms with Crippen molar-refractivity contribution in [3.05, 3.63) is 81.3 Å². The van der Waals surface area contributed by atoms with Gasteiger partial charge in [-0.15, -0.1) is 11.3 Å². The molecular formula is C23H16FNO5S. The first-order valence-electron chi connectivity index (χ1n) is 9.46. The van der Waals surface area contributed by atoms with Gasteiger partial charge in [0.05, 0.1) is 5.57 Å². The molecule has 156 valence electrons. The van der Waals surface area contributed by atoms with Crippen molar-refractivity contribution in [3.8, 4) is 11.5 Å². The van der Waals surface area contributed by atoms with E-state index in [0.29, 0.717) is 22.7 Å². The number of rotatable bonds is 3. The molecule has 2 aromatic carbocycles. The number of hydrogen-bond donors (Lipinski definition) is 1. The van der Waals surface area contributed by atoms with Crippen molar-refractivity contribution in [2.45, 2.75) is 13.0 Å². The molecule has 6 nitrogen and oxygen atoms in total. The maximum Gasteiger partial charge on any atom is 0.300 e. The van der Waals surface area contributed by atoms with Crippen LogP contribution in [-0.2, 0) is 9.59 Å². The Labute approximate surface area is 180 Å². The van der Waals surface area contributed by atoms with Crippen LogP contribution in [0.15, 0.2) is 59.5 Å². The zero-order valence-corrected chi connectivity index (χ0v) is 17.1. The second-order valence-corrected chi connectivity index (χ2v) is 8.13. The van der Waals surface area contributed by atoms with Crippen LogP contribution < -0.4 is 14.4 Å². The molecule has 1 saturated heterocycles. The van der Waals surface area contributed by atoms with Gasteiger partial charge in [-0.1, -0.05) is 0 Å². The minimum atomic E-state index is -0.837. The first kappa shape index (κ1) is 19.3. The molecule has 1 unspecified atom stereocenters. The Bertz CT molecular complexity index is 1250. The number of nitrogens with zero attached hydrogens (tertiary/aromatic N) is 1. The van der Waals surface area contributed by atoms with Crippen molar-refractivity contribution in [1.82, 2.24) is 0 Å². The lowest BCUT2D eigenvalue weighted by Crippen LogP contribution is -2.29. The van der Waals surface area contributed by atoms with Gasteiger partial charge in [-0.3, -0.25) is 14.5 Å². The van der Waals surface area contributed by atoms with Crippen LogP contribution in [0.2, 0.25) is 0 Å².